The van der Waals surface area contributed by atoms with Crippen LogP contribution in [0.2, 0.25) is 12.6 Å². The maximum atomic E-state index is 13.7. The largest absolute Gasteiger partial charge is 0.460 e. The lowest BCUT2D eigenvalue weighted by Gasteiger charge is -2.43. The van der Waals surface area contributed by atoms with Crippen molar-refractivity contribution in [1.29, 1.82) is 0 Å². The molecule has 0 aliphatic rings. The summed E-state index contributed by atoms with van der Waals surface area (Å²) in [5.41, 5.74) is 0. The first-order valence-corrected chi connectivity index (χ1v) is 10.5. The molecule has 0 fully saturated rings. The van der Waals surface area contributed by atoms with Crippen molar-refractivity contribution in [3.05, 3.63) is 0 Å². The zero-order chi connectivity index (χ0) is 27.3. The van der Waals surface area contributed by atoms with E-state index in [4.69, 9.17) is 0 Å². The molecule has 0 N–H and O–H groups in total. The van der Waals surface area contributed by atoms with Gasteiger partial charge in [-0.1, -0.05) is 6.92 Å². The van der Waals surface area contributed by atoms with E-state index in [0.29, 0.717) is 0 Å². The highest BCUT2D eigenvalue weighted by Crippen LogP contribution is 2.63. The Morgan fingerprint density at radius 2 is 0.848 bits per heavy atom. The maximum Gasteiger partial charge on any atom is 0.460 e. The molecule has 33 heavy (non-hydrogen) atoms. The lowest BCUT2D eigenvalue weighted by atomic mass is 9.89. The standard InChI is InChI=1S/C13H13F17O2Si/c1-4-33(3,31-2)32-5-6(14,15)7(16,17)8(18,19)9(20,21)10(22,23)11(24,25)12(26,27)13(28,29)30/h4-5H2,1-3H3. The first-order valence-electron chi connectivity index (χ1n) is 7.98. The Balaban J connectivity index is 6.53. The third-order valence-corrected chi connectivity index (χ3v) is 7.32. The molecule has 0 spiro atoms. The van der Waals surface area contributed by atoms with Crippen molar-refractivity contribution >= 4 is 8.56 Å². The SMILES string of the molecule is CC[Si](C)(OC)OCC(F)(F)C(F)(F)C(F)(F)C(F)(F)C(F)(F)C(F)(F)C(F)(F)C(F)(F)F. The van der Waals surface area contributed by atoms with Crippen LogP contribution in [0.3, 0.4) is 0 Å². The van der Waals surface area contributed by atoms with Gasteiger partial charge in [-0.3, -0.25) is 0 Å². The van der Waals surface area contributed by atoms with Gasteiger partial charge in [-0.05, 0) is 12.6 Å². The van der Waals surface area contributed by atoms with Crippen LogP contribution >= 0.6 is 0 Å². The van der Waals surface area contributed by atoms with Crippen molar-refractivity contribution in [3.8, 4) is 0 Å². The fraction of sp³-hybridized carbons (Fsp3) is 1.00. The van der Waals surface area contributed by atoms with E-state index in [0.717, 1.165) is 20.6 Å². The van der Waals surface area contributed by atoms with Crippen molar-refractivity contribution in [1.82, 2.24) is 0 Å². The average molecular weight is 552 g/mol. The summed E-state index contributed by atoms with van der Waals surface area (Å²) in [6, 6.07) is -0.353. The molecule has 0 aromatic heterocycles. The molecular weight excluding hydrogens is 539 g/mol. The van der Waals surface area contributed by atoms with Gasteiger partial charge in [0, 0.05) is 7.11 Å². The summed E-state index contributed by atoms with van der Waals surface area (Å²) in [6.45, 7) is -0.934. The minimum atomic E-state index is -8.64. The molecule has 0 aromatic carbocycles. The number of alkyl halides is 17. The minimum Gasteiger partial charge on any atom is -0.398 e. The van der Waals surface area contributed by atoms with Crippen LogP contribution < -0.4 is 0 Å². The van der Waals surface area contributed by atoms with Crippen molar-refractivity contribution < 1.29 is 83.5 Å². The van der Waals surface area contributed by atoms with Gasteiger partial charge in [0.2, 0.25) is 0 Å². The van der Waals surface area contributed by atoms with Crippen LogP contribution in [0.15, 0.2) is 0 Å². The van der Waals surface area contributed by atoms with Crippen LogP contribution in [0.1, 0.15) is 6.92 Å². The van der Waals surface area contributed by atoms with E-state index in [-0.39, 0.29) is 6.04 Å². The molecule has 0 rings (SSSR count). The Labute approximate surface area is 174 Å². The minimum absolute atomic E-state index is 0.353. The zero-order valence-electron chi connectivity index (χ0n) is 16.2. The Kier molecular flexibility index (Phi) is 8.29. The van der Waals surface area contributed by atoms with E-state index in [1.54, 1.807) is 0 Å². The molecule has 20 heteroatoms. The van der Waals surface area contributed by atoms with Gasteiger partial charge in [0.05, 0.1) is 0 Å². The number of halogens is 17. The molecule has 0 saturated heterocycles. The van der Waals surface area contributed by atoms with Crippen LogP contribution in [0.25, 0.3) is 0 Å². The summed E-state index contributed by atoms with van der Waals surface area (Å²) in [4.78, 5) is 0. The monoisotopic (exact) mass is 552 g/mol. The van der Waals surface area contributed by atoms with E-state index in [9.17, 15) is 74.6 Å². The third kappa shape index (κ3) is 4.62. The Morgan fingerprint density at radius 3 is 1.12 bits per heavy atom. The quantitative estimate of drug-likeness (QED) is 0.209. The van der Waals surface area contributed by atoms with Gasteiger partial charge in [-0.25, -0.2) is 0 Å². The van der Waals surface area contributed by atoms with E-state index in [1.807, 2.05) is 0 Å². The molecule has 2 nitrogen and oxygen atoms in total. The summed E-state index contributed by atoms with van der Waals surface area (Å²) in [5, 5.41) is 0. The van der Waals surface area contributed by atoms with Crippen LogP contribution in [0.5, 0.6) is 0 Å². The lowest BCUT2D eigenvalue weighted by Crippen LogP contribution is -2.74. The van der Waals surface area contributed by atoms with Crippen LogP contribution in [0, 0.1) is 0 Å². The Hall–Kier alpha value is -1.05. The molecular formula is C13H13F17O2Si. The van der Waals surface area contributed by atoms with Gasteiger partial charge in [-0.2, -0.15) is 74.6 Å². The summed E-state index contributed by atoms with van der Waals surface area (Å²) in [5.74, 6) is -56.5. The Bertz CT molecular complexity index is 683. The van der Waals surface area contributed by atoms with Gasteiger partial charge in [0.15, 0.2) is 0 Å². The topological polar surface area (TPSA) is 18.5 Å². The summed E-state index contributed by atoms with van der Waals surface area (Å²) >= 11 is 0. The molecule has 0 amide bonds. The molecule has 0 aliphatic heterocycles. The van der Waals surface area contributed by atoms with Gasteiger partial charge >= 0.3 is 56.2 Å². The smallest absolute Gasteiger partial charge is 0.398 e. The van der Waals surface area contributed by atoms with Gasteiger partial charge in [0.25, 0.3) is 0 Å². The van der Waals surface area contributed by atoms with E-state index < -0.39 is 62.8 Å². The predicted octanol–water partition coefficient (Wildman–Crippen LogP) is 6.75. The molecule has 0 aromatic rings. The van der Waals surface area contributed by atoms with Crippen LogP contribution in [-0.4, -0.2) is 69.9 Å². The molecule has 0 bridgehead atoms. The second-order valence-corrected chi connectivity index (χ2v) is 10.3. The molecule has 0 radical (unpaired) electrons. The highest BCUT2D eigenvalue weighted by Gasteiger charge is 2.95. The first kappa shape index (κ1) is 31.9. The fourth-order valence-corrected chi connectivity index (χ4v) is 2.93. The highest BCUT2D eigenvalue weighted by molar-refractivity contribution is 6.65. The first-order chi connectivity index (χ1) is 14.1. The number of rotatable bonds is 11. The van der Waals surface area contributed by atoms with Gasteiger partial charge < -0.3 is 8.85 Å². The van der Waals surface area contributed by atoms with Gasteiger partial charge in [0.1, 0.15) is 6.61 Å². The molecule has 0 heterocycles. The van der Waals surface area contributed by atoms with E-state index in [2.05, 4.69) is 8.85 Å². The fourth-order valence-electron chi connectivity index (χ4n) is 1.84. The molecule has 1 atom stereocenters. The second-order valence-electron chi connectivity index (χ2n) is 6.63. The molecule has 200 valence electrons. The lowest BCUT2D eigenvalue weighted by molar-refractivity contribution is -0.462. The van der Waals surface area contributed by atoms with Crippen molar-refractivity contribution in [2.45, 2.75) is 67.1 Å². The molecule has 0 saturated carbocycles. The second kappa shape index (κ2) is 8.56. The third-order valence-electron chi connectivity index (χ3n) is 4.42. The van der Waals surface area contributed by atoms with Gasteiger partial charge in [-0.15, -0.1) is 0 Å². The average Bonchev–Trinajstić information content (AvgIpc) is 2.64. The maximum absolute atomic E-state index is 13.7. The van der Waals surface area contributed by atoms with Crippen molar-refractivity contribution in [3.63, 3.8) is 0 Å². The van der Waals surface area contributed by atoms with Crippen LogP contribution in [-0.2, 0) is 8.85 Å². The Morgan fingerprint density at radius 1 is 0.545 bits per heavy atom. The number of hydrogen-bond donors (Lipinski definition) is 0. The zero-order valence-corrected chi connectivity index (χ0v) is 17.2. The van der Waals surface area contributed by atoms with Crippen molar-refractivity contribution in [2.75, 3.05) is 13.7 Å². The normalized spacial score (nSPS) is 17.8. The summed E-state index contributed by atoms with van der Waals surface area (Å²) in [7, 11) is -3.08. The molecule has 1 unspecified atom stereocenters. The van der Waals surface area contributed by atoms with Crippen LogP contribution in [0.4, 0.5) is 74.6 Å². The summed E-state index contributed by atoms with van der Waals surface area (Å²) in [6.07, 6.45) is -7.78. The van der Waals surface area contributed by atoms with Crippen molar-refractivity contribution in [2.24, 2.45) is 0 Å². The number of hydrogen-bond acceptors (Lipinski definition) is 2. The molecule has 0 aliphatic carbocycles. The summed E-state index contributed by atoms with van der Waals surface area (Å²) < 4.78 is 231. The predicted molar refractivity (Wildman–Crippen MR) is 75.7 cm³/mol. The van der Waals surface area contributed by atoms with E-state index >= 15 is 0 Å². The van der Waals surface area contributed by atoms with E-state index in [1.165, 1.54) is 0 Å². The highest BCUT2D eigenvalue weighted by atomic mass is 28.4.